The Bertz CT molecular complexity index is 1190. The molecule has 0 bridgehead atoms. The van der Waals surface area contributed by atoms with Gasteiger partial charge in [-0.2, -0.15) is 4.72 Å². The molecule has 0 aliphatic carbocycles. The number of hydrogen-bond acceptors (Lipinski definition) is 5. The quantitative estimate of drug-likeness (QED) is 0.499. The van der Waals surface area contributed by atoms with Crippen LogP contribution < -0.4 is 10.0 Å². The molecule has 0 unspecified atom stereocenters. The maximum atomic E-state index is 13.1. The molecule has 1 aromatic heterocycles. The van der Waals surface area contributed by atoms with E-state index in [-0.39, 0.29) is 22.8 Å². The van der Waals surface area contributed by atoms with E-state index in [0.29, 0.717) is 6.54 Å². The second-order valence-electron chi connectivity index (χ2n) is 8.87. The molecule has 33 heavy (non-hydrogen) atoms. The fourth-order valence-corrected chi connectivity index (χ4v) is 5.69. The van der Waals surface area contributed by atoms with E-state index >= 15 is 0 Å². The van der Waals surface area contributed by atoms with Crippen molar-refractivity contribution in [2.45, 2.75) is 43.7 Å². The molecule has 2 atom stereocenters. The molecular formula is C25H31N3O4S. The number of carbonyl (C=O) groups is 1. The van der Waals surface area contributed by atoms with Crippen molar-refractivity contribution < 1.29 is 17.6 Å². The van der Waals surface area contributed by atoms with Crippen LogP contribution in [0.1, 0.15) is 38.5 Å². The van der Waals surface area contributed by atoms with Gasteiger partial charge in [-0.1, -0.05) is 44.2 Å². The number of amides is 1. The molecule has 0 spiro atoms. The van der Waals surface area contributed by atoms with Gasteiger partial charge in [0.05, 0.1) is 17.2 Å². The van der Waals surface area contributed by atoms with E-state index in [1.54, 1.807) is 24.5 Å². The molecule has 0 saturated carbocycles. The summed E-state index contributed by atoms with van der Waals surface area (Å²) in [6.07, 6.45) is 3.87. The zero-order valence-electron chi connectivity index (χ0n) is 19.0. The van der Waals surface area contributed by atoms with Crippen LogP contribution in [0.2, 0.25) is 0 Å². The van der Waals surface area contributed by atoms with Gasteiger partial charge >= 0.3 is 0 Å². The zero-order chi connectivity index (χ0) is 23.4. The Morgan fingerprint density at radius 2 is 1.76 bits per heavy atom. The van der Waals surface area contributed by atoms with Gasteiger partial charge in [0.1, 0.15) is 11.8 Å². The first-order chi connectivity index (χ1) is 15.8. The van der Waals surface area contributed by atoms with E-state index in [0.717, 1.165) is 42.5 Å². The van der Waals surface area contributed by atoms with E-state index in [2.05, 4.69) is 14.9 Å². The third kappa shape index (κ3) is 5.46. The Balaban J connectivity index is 1.48. The summed E-state index contributed by atoms with van der Waals surface area (Å²) in [7, 11) is -3.88. The van der Waals surface area contributed by atoms with Crippen LogP contribution in [-0.2, 0) is 14.8 Å². The maximum Gasteiger partial charge on any atom is 0.241 e. The Morgan fingerprint density at radius 1 is 1.03 bits per heavy atom. The van der Waals surface area contributed by atoms with Crippen LogP contribution in [0, 0.1) is 5.92 Å². The smallest absolute Gasteiger partial charge is 0.241 e. The molecule has 1 amide bonds. The van der Waals surface area contributed by atoms with Crippen molar-refractivity contribution in [1.29, 1.82) is 0 Å². The van der Waals surface area contributed by atoms with E-state index < -0.39 is 16.1 Å². The summed E-state index contributed by atoms with van der Waals surface area (Å²) in [4.78, 5) is 15.5. The Hall–Kier alpha value is -2.68. The van der Waals surface area contributed by atoms with E-state index in [1.807, 2.05) is 50.2 Å². The molecule has 2 heterocycles. The summed E-state index contributed by atoms with van der Waals surface area (Å²) in [5.74, 6) is 0.231. The van der Waals surface area contributed by atoms with Crippen molar-refractivity contribution in [3.8, 4) is 0 Å². The van der Waals surface area contributed by atoms with Gasteiger partial charge in [-0.3, -0.25) is 9.69 Å². The lowest BCUT2D eigenvalue weighted by Crippen LogP contribution is -2.51. The Kier molecular flexibility index (Phi) is 7.17. The second kappa shape index (κ2) is 10.1. The highest BCUT2D eigenvalue weighted by atomic mass is 32.2. The van der Waals surface area contributed by atoms with Crippen LogP contribution in [0.4, 0.5) is 0 Å². The number of hydrogen-bond donors (Lipinski definition) is 2. The van der Waals surface area contributed by atoms with Crippen molar-refractivity contribution in [1.82, 2.24) is 14.9 Å². The van der Waals surface area contributed by atoms with Gasteiger partial charge in [-0.05, 0) is 66.9 Å². The summed E-state index contributed by atoms with van der Waals surface area (Å²) < 4.78 is 34.5. The molecule has 2 aromatic carbocycles. The van der Waals surface area contributed by atoms with Gasteiger partial charge in [-0.25, -0.2) is 8.42 Å². The largest absolute Gasteiger partial charge is 0.468 e. The summed E-state index contributed by atoms with van der Waals surface area (Å²) in [6, 6.07) is 15.3. The number of fused-ring (bicyclic) bond motifs is 1. The van der Waals surface area contributed by atoms with Crippen LogP contribution >= 0.6 is 0 Å². The van der Waals surface area contributed by atoms with Gasteiger partial charge in [0.2, 0.25) is 15.9 Å². The number of carbonyl (C=O) groups excluding carboxylic acids is 1. The minimum atomic E-state index is -3.88. The standard InChI is InChI=1S/C25H31N3O4S/c1-18(2)24(27-33(30,31)21-12-11-19-8-3-4-9-20(19)16-21)25(29)26-17-22(23-10-7-15-32-23)28-13-5-6-14-28/h3-4,7-12,15-16,18,22,24,27H,5-6,13-14,17H2,1-2H3,(H,26,29)/t22-,24+/m1/s1. The first-order valence-electron chi connectivity index (χ1n) is 11.4. The monoisotopic (exact) mass is 469 g/mol. The minimum absolute atomic E-state index is 0.0728. The molecule has 3 aromatic rings. The molecule has 8 heteroatoms. The van der Waals surface area contributed by atoms with Crippen molar-refractivity contribution in [3.05, 3.63) is 66.6 Å². The van der Waals surface area contributed by atoms with E-state index in [9.17, 15) is 13.2 Å². The van der Waals surface area contributed by atoms with Gasteiger partial charge in [0.25, 0.3) is 0 Å². The second-order valence-corrected chi connectivity index (χ2v) is 10.6. The number of benzene rings is 2. The fraction of sp³-hybridized carbons (Fsp3) is 0.400. The highest BCUT2D eigenvalue weighted by molar-refractivity contribution is 7.89. The maximum absolute atomic E-state index is 13.1. The molecule has 7 nitrogen and oxygen atoms in total. The third-order valence-electron chi connectivity index (χ3n) is 6.19. The van der Waals surface area contributed by atoms with Crippen molar-refractivity contribution in [2.75, 3.05) is 19.6 Å². The number of nitrogens with one attached hydrogen (secondary N) is 2. The normalized spacial score (nSPS) is 16.8. The van der Waals surface area contributed by atoms with Crippen LogP contribution in [-0.4, -0.2) is 44.9 Å². The average Bonchev–Trinajstić information content (AvgIpc) is 3.52. The van der Waals surface area contributed by atoms with Crippen molar-refractivity contribution >= 4 is 26.7 Å². The number of likely N-dealkylation sites (tertiary alicyclic amines) is 1. The van der Waals surface area contributed by atoms with E-state index in [1.165, 1.54) is 0 Å². The van der Waals surface area contributed by atoms with Crippen LogP contribution in [0.5, 0.6) is 0 Å². The molecule has 1 aliphatic rings. The van der Waals surface area contributed by atoms with Gasteiger partial charge in [-0.15, -0.1) is 0 Å². The number of rotatable bonds is 9. The Morgan fingerprint density at radius 3 is 2.42 bits per heavy atom. The number of nitrogens with zero attached hydrogens (tertiary/aromatic N) is 1. The molecule has 1 aliphatic heterocycles. The lowest BCUT2D eigenvalue weighted by Gasteiger charge is -2.28. The number of furan rings is 1. The first-order valence-corrected chi connectivity index (χ1v) is 12.9. The highest BCUT2D eigenvalue weighted by Crippen LogP contribution is 2.25. The van der Waals surface area contributed by atoms with Crippen LogP contribution in [0.3, 0.4) is 0 Å². The zero-order valence-corrected chi connectivity index (χ0v) is 19.8. The lowest BCUT2D eigenvalue weighted by molar-refractivity contribution is -0.123. The molecular weight excluding hydrogens is 438 g/mol. The van der Waals surface area contributed by atoms with E-state index in [4.69, 9.17) is 4.42 Å². The first kappa shape index (κ1) is 23.5. The molecule has 0 radical (unpaired) electrons. The molecule has 176 valence electrons. The summed E-state index contributed by atoms with van der Waals surface area (Å²) >= 11 is 0. The van der Waals surface area contributed by atoms with Crippen LogP contribution in [0.15, 0.2) is 70.2 Å². The predicted octanol–water partition coefficient (Wildman–Crippen LogP) is 3.69. The summed E-state index contributed by atoms with van der Waals surface area (Å²) in [5, 5.41) is 4.76. The molecule has 4 rings (SSSR count). The van der Waals surface area contributed by atoms with Gasteiger partial charge in [0.15, 0.2) is 0 Å². The lowest BCUT2D eigenvalue weighted by atomic mass is 10.0. The fourth-order valence-electron chi connectivity index (χ4n) is 4.31. The molecule has 1 saturated heterocycles. The Labute approximate surface area is 195 Å². The molecule has 1 fully saturated rings. The van der Waals surface area contributed by atoms with Gasteiger partial charge < -0.3 is 9.73 Å². The minimum Gasteiger partial charge on any atom is -0.468 e. The molecule has 2 N–H and O–H groups in total. The topological polar surface area (TPSA) is 91.6 Å². The number of sulfonamides is 1. The summed E-state index contributed by atoms with van der Waals surface area (Å²) in [6.45, 7) is 5.91. The summed E-state index contributed by atoms with van der Waals surface area (Å²) in [5.41, 5.74) is 0. The SMILES string of the molecule is CC(C)[C@H](NS(=O)(=O)c1ccc2ccccc2c1)C(=O)NC[C@H](c1ccco1)N1CCCC1. The van der Waals surface area contributed by atoms with Crippen molar-refractivity contribution in [3.63, 3.8) is 0 Å². The third-order valence-corrected chi connectivity index (χ3v) is 7.62. The van der Waals surface area contributed by atoms with Crippen molar-refractivity contribution in [2.24, 2.45) is 5.92 Å². The van der Waals surface area contributed by atoms with Gasteiger partial charge in [0, 0.05) is 6.54 Å². The predicted molar refractivity (Wildman–Crippen MR) is 128 cm³/mol. The average molecular weight is 470 g/mol. The highest BCUT2D eigenvalue weighted by Gasteiger charge is 2.31. The van der Waals surface area contributed by atoms with Crippen LogP contribution in [0.25, 0.3) is 10.8 Å².